The monoisotopic (exact) mass is 261 g/mol. The molecule has 2 nitrogen and oxygen atoms in total. The van der Waals surface area contributed by atoms with Crippen LogP contribution in [0, 0.1) is 5.92 Å². The fourth-order valence-corrected chi connectivity index (χ4v) is 3.14. The van der Waals surface area contributed by atoms with Gasteiger partial charge >= 0.3 is 0 Å². The van der Waals surface area contributed by atoms with E-state index in [0.717, 1.165) is 45.3 Å². The third-order valence-corrected chi connectivity index (χ3v) is 4.31. The molecule has 1 fully saturated rings. The van der Waals surface area contributed by atoms with Crippen LogP contribution >= 0.6 is 0 Å². The quantitative estimate of drug-likeness (QED) is 0.877. The molecule has 2 heteroatoms. The Bertz CT molecular complexity index is 378. The van der Waals surface area contributed by atoms with Crippen molar-refractivity contribution in [1.29, 1.82) is 0 Å². The summed E-state index contributed by atoms with van der Waals surface area (Å²) in [5.74, 6) is 0.613. The molecule has 1 heterocycles. The smallest absolute Gasteiger partial charge is 0.0777 e. The van der Waals surface area contributed by atoms with Crippen molar-refractivity contribution < 1.29 is 5.11 Å². The van der Waals surface area contributed by atoms with Crippen LogP contribution in [0.1, 0.15) is 45.1 Å². The van der Waals surface area contributed by atoms with Crippen molar-refractivity contribution in [2.45, 2.75) is 51.7 Å². The zero-order valence-corrected chi connectivity index (χ0v) is 12.3. The van der Waals surface area contributed by atoms with Gasteiger partial charge in [-0.15, -0.1) is 0 Å². The first-order chi connectivity index (χ1) is 9.11. The predicted molar refractivity (Wildman–Crippen MR) is 80.0 cm³/mol. The number of nitrogens with zero attached hydrogens (tertiary/aromatic N) is 1. The van der Waals surface area contributed by atoms with Crippen LogP contribution in [-0.4, -0.2) is 28.7 Å². The third kappa shape index (κ3) is 4.32. The summed E-state index contributed by atoms with van der Waals surface area (Å²) in [7, 11) is 0. The lowest BCUT2D eigenvalue weighted by Gasteiger charge is -2.40. The van der Waals surface area contributed by atoms with Crippen LogP contribution in [0.2, 0.25) is 0 Å². The van der Waals surface area contributed by atoms with E-state index in [1.54, 1.807) is 0 Å². The molecule has 2 atom stereocenters. The van der Waals surface area contributed by atoms with Crippen molar-refractivity contribution in [1.82, 2.24) is 4.90 Å². The Morgan fingerprint density at radius 3 is 2.74 bits per heavy atom. The maximum atomic E-state index is 10.8. The number of aliphatic hydroxyl groups is 1. The molecule has 1 aliphatic rings. The van der Waals surface area contributed by atoms with Gasteiger partial charge in [0.25, 0.3) is 0 Å². The zero-order chi connectivity index (χ0) is 13.7. The van der Waals surface area contributed by atoms with Gasteiger partial charge in [-0.1, -0.05) is 50.6 Å². The van der Waals surface area contributed by atoms with Gasteiger partial charge in [-0.3, -0.25) is 4.90 Å². The maximum Gasteiger partial charge on any atom is 0.0777 e. The molecule has 1 saturated heterocycles. The number of hydrogen-bond acceptors (Lipinski definition) is 2. The van der Waals surface area contributed by atoms with Crippen molar-refractivity contribution in [3.05, 3.63) is 35.9 Å². The van der Waals surface area contributed by atoms with Crippen LogP contribution < -0.4 is 0 Å². The van der Waals surface area contributed by atoms with Gasteiger partial charge in [0.15, 0.2) is 0 Å². The highest BCUT2D eigenvalue weighted by molar-refractivity contribution is 5.14. The molecule has 19 heavy (non-hydrogen) atoms. The van der Waals surface area contributed by atoms with E-state index in [1.807, 2.05) is 0 Å². The summed E-state index contributed by atoms with van der Waals surface area (Å²) in [6.07, 6.45) is 4.16. The summed E-state index contributed by atoms with van der Waals surface area (Å²) in [4.78, 5) is 2.40. The molecule has 1 N–H and O–H groups in total. The van der Waals surface area contributed by atoms with Gasteiger partial charge in [0.2, 0.25) is 0 Å². The number of likely N-dealkylation sites (tertiary alicyclic amines) is 1. The SMILES string of the molecule is CCC(C)CC1(O)CCCN(Cc2ccccc2)C1. The minimum absolute atomic E-state index is 0.470. The Balaban J connectivity index is 1.93. The first-order valence-electron chi connectivity index (χ1n) is 7.60. The Hall–Kier alpha value is -0.860. The number of hydrogen-bond donors (Lipinski definition) is 1. The summed E-state index contributed by atoms with van der Waals surface area (Å²) in [6, 6.07) is 10.6. The minimum Gasteiger partial charge on any atom is -0.389 e. The van der Waals surface area contributed by atoms with Gasteiger partial charge in [-0.2, -0.15) is 0 Å². The van der Waals surface area contributed by atoms with Crippen molar-refractivity contribution in [2.75, 3.05) is 13.1 Å². The van der Waals surface area contributed by atoms with E-state index >= 15 is 0 Å². The van der Waals surface area contributed by atoms with E-state index in [-0.39, 0.29) is 0 Å². The third-order valence-electron chi connectivity index (χ3n) is 4.31. The zero-order valence-electron chi connectivity index (χ0n) is 12.3. The van der Waals surface area contributed by atoms with Gasteiger partial charge < -0.3 is 5.11 Å². The lowest BCUT2D eigenvalue weighted by atomic mass is 9.83. The Morgan fingerprint density at radius 2 is 2.05 bits per heavy atom. The second-order valence-corrected chi connectivity index (χ2v) is 6.24. The van der Waals surface area contributed by atoms with Crippen LogP contribution in [0.4, 0.5) is 0 Å². The van der Waals surface area contributed by atoms with Crippen molar-refractivity contribution in [3.63, 3.8) is 0 Å². The van der Waals surface area contributed by atoms with Gasteiger partial charge in [-0.25, -0.2) is 0 Å². The standard InChI is InChI=1S/C17H27NO/c1-3-15(2)12-17(19)10-7-11-18(14-17)13-16-8-5-4-6-9-16/h4-6,8-9,15,19H,3,7,10-14H2,1-2H3. The summed E-state index contributed by atoms with van der Waals surface area (Å²) >= 11 is 0. The molecule has 0 amide bonds. The van der Waals surface area contributed by atoms with Crippen LogP contribution in [-0.2, 0) is 6.54 Å². The molecular formula is C17H27NO. The van der Waals surface area contributed by atoms with Crippen molar-refractivity contribution in [3.8, 4) is 0 Å². The molecule has 0 aromatic heterocycles. The van der Waals surface area contributed by atoms with Gasteiger partial charge in [-0.05, 0) is 37.3 Å². The van der Waals surface area contributed by atoms with E-state index in [0.29, 0.717) is 5.92 Å². The summed E-state index contributed by atoms with van der Waals surface area (Å²) in [5, 5.41) is 10.8. The molecule has 2 rings (SSSR count). The van der Waals surface area contributed by atoms with Gasteiger partial charge in [0.05, 0.1) is 5.60 Å². The van der Waals surface area contributed by atoms with Crippen LogP contribution in [0.15, 0.2) is 30.3 Å². The molecule has 1 aromatic rings. The molecule has 2 unspecified atom stereocenters. The topological polar surface area (TPSA) is 23.5 Å². The highest BCUT2D eigenvalue weighted by Gasteiger charge is 2.33. The summed E-state index contributed by atoms with van der Waals surface area (Å²) in [5.41, 5.74) is 0.873. The lowest BCUT2D eigenvalue weighted by molar-refractivity contribution is -0.0488. The van der Waals surface area contributed by atoms with E-state index in [2.05, 4.69) is 49.1 Å². The molecule has 1 aromatic carbocycles. The van der Waals surface area contributed by atoms with E-state index in [1.165, 1.54) is 5.56 Å². The summed E-state index contributed by atoms with van der Waals surface area (Å²) in [6.45, 7) is 7.35. The van der Waals surface area contributed by atoms with Gasteiger partial charge in [0, 0.05) is 13.1 Å². The van der Waals surface area contributed by atoms with Crippen LogP contribution in [0.5, 0.6) is 0 Å². The van der Waals surface area contributed by atoms with Crippen LogP contribution in [0.25, 0.3) is 0 Å². The highest BCUT2D eigenvalue weighted by Crippen LogP contribution is 2.29. The van der Waals surface area contributed by atoms with Crippen molar-refractivity contribution >= 4 is 0 Å². The predicted octanol–water partition coefficient (Wildman–Crippen LogP) is 3.45. The second-order valence-electron chi connectivity index (χ2n) is 6.24. The Labute approximate surface area is 117 Å². The molecule has 1 aliphatic heterocycles. The molecule has 0 saturated carbocycles. The lowest BCUT2D eigenvalue weighted by Crippen LogP contribution is -2.48. The van der Waals surface area contributed by atoms with E-state index in [4.69, 9.17) is 0 Å². The highest BCUT2D eigenvalue weighted by atomic mass is 16.3. The number of benzene rings is 1. The average molecular weight is 261 g/mol. The fraction of sp³-hybridized carbons (Fsp3) is 0.647. The normalized spacial score (nSPS) is 26.3. The first kappa shape index (κ1) is 14.5. The first-order valence-corrected chi connectivity index (χ1v) is 7.60. The molecular weight excluding hydrogens is 234 g/mol. The van der Waals surface area contributed by atoms with Crippen molar-refractivity contribution in [2.24, 2.45) is 5.92 Å². The van der Waals surface area contributed by atoms with E-state index in [9.17, 15) is 5.11 Å². The minimum atomic E-state index is -0.470. The second kappa shape index (κ2) is 6.53. The van der Waals surface area contributed by atoms with Crippen LogP contribution in [0.3, 0.4) is 0 Å². The van der Waals surface area contributed by atoms with Gasteiger partial charge in [0.1, 0.15) is 0 Å². The Kier molecular flexibility index (Phi) is 5.00. The Morgan fingerprint density at radius 1 is 1.32 bits per heavy atom. The molecule has 0 radical (unpaired) electrons. The summed E-state index contributed by atoms with van der Waals surface area (Å²) < 4.78 is 0. The fourth-order valence-electron chi connectivity index (χ4n) is 3.14. The molecule has 106 valence electrons. The number of rotatable bonds is 5. The van der Waals surface area contributed by atoms with E-state index < -0.39 is 5.60 Å². The number of β-amino-alcohol motifs (C(OH)–C–C–N with tert-alkyl or cyclic N) is 1. The number of piperidine rings is 1. The maximum absolute atomic E-state index is 10.8. The largest absolute Gasteiger partial charge is 0.389 e. The molecule has 0 aliphatic carbocycles. The molecule has 0 bridgehead atoms. The average Bonchev–Trinajstić information content (AvgIpc) is 2.39. The molecule has 0 spiro atoms.